The number of aromatic nitrogens is 1. The summed E-state index contributed by atoms with van der Waals surface area (Å²) < 4.78 is 4.82. The fourth-order valence-electron chi connectivity index (χ4n) is 4.26. The molecule has 2 N–H and O–H groups in total. The number of likely N-dealkylation sites (tertiary alicyclic amines) is 1. The summed E-state index contributed by atoms with van der Waals surface area (Å²) in [7, 11) is 1.33. The Hall–Kier alpha value is -3.09. The predicted molar refractivity (Wildman–Crippen MR) is 118 cm³/mol. The summed E-state index contributed by atoms with van der Waals surface area (Å²) in [5.41, 5.74) is 3.19. The van der Waals surface area contributed by atoms with Crippen molar-refractivity contribution in [1.29, 1.82) is 0 Å². The number of carbonyl (C=O) groups excluding carboxylic acids is 3. The van der Waals surface area contributed by atoms with Gasteiger partial charge in [0, 0.05) is 25.2 Å². The summed E-state index contributed by atoms with van der Waals surface area (Å²) >= 11 is 0. The van der Waals surface area contributed by atoms with Crippen molar-refractivity contribution in [3.05, 3.63) is 58.4 Å². The summed E-state index contributed by atoms with van der Waals surface area (Å²) in [6.45, 7) is 6.69. The van der Waals surface area contributed by atoms with Gasteiger partial charge in [0.15, 0.2) is 0 Å². The first-order valence-corrected chi connectivity index (χ1v) is 10.7. The van der Waals surface area contributed by atoms with Crippen molar-refractivity contribution in [3.63, 3.8) is 0 Å². The second-order valence-corrected chi connectivity index (χ2v) is 8.26. The average molecular weight is 426 g/mol. The van der Waals surface area contributed by atoms with Gasteiger partial charge < -0.3 is 19.9 Å². The summed E-state index contributed by atoms with van der Waals surface area (Å²) in [5, 5.41) is 3.07. The van der Waals surface area contributed by atoms with Crippen molar-refractivity contribution in [1.82, 2.24) is 15.2 Å². The summed E-state index contributed by atoms with van der Waals surface area (Å²) in [4.78, 5) is 42.3. The van der Waals surface area contributed by atoms with Gasteiger partial charge in [-0.2, -0.15) is 0 Å². The number of aryl methyl sites for hydroxylation is 1. The molecule has 31 heavy (non-hydrogen) atoms. The molecule has 0 bridgehead atoms. The molecule has 1 saturated heterocycles. The first-order chi connectivity index (χ1) is 14.8. The number of esters is 1. The fourth-order valence-corrected chi connectivity index (χ4v) is 4.26. The Balaban J connectivity index is 1.53. The zero-order valence-corrected chi connectivity index (χ0v) is 18.7. The summed E-state index contributed by atoms with van der Waals surface area (Å²) in [6.07, 6.45) is 2.02. The lowest BCUT2D eigenvalue weighted by molar-refractivity contribution is -0.122. The van der Waals surface area contributed by atoms with Gasteiger partial charge in [-0.25, -0.2) is 4.79 Å². The number of nitrogens with zero attached hydrogens (tertiary/aromatic N) is 1. The Morgan fingerprint density at radius 1 is 1.16 bits per heavy atom. The maximum atomic E-state index is 13.0. The minimum atomic E-state index is -0.445. The maximum absolute atomic E-state index is 13.0. The van der Waals surface area contributed by atoms with Crippen LogP contribution in [-0.4, -0.2) is 47.9 Å². The van der Waals surface area contributed by atoms with Gasteiger partial charge in [-0.1, -0.05) is 30.3 Å². The molecule has 0 unspecified atom stereocenters. The second-order valence-electron chi connectivity index (χ2n) is 8.26. The first kappa shape index (κ1) is 22.6. The number of H-pyrrole nitrogens is 1. The maximum Gasteiger partial charge on any atom is 0.339 e. The summed E-state index contributed by atoms with van der Waals surface area (Å²) in [5.74, 6) is -0.264. The van der Waals surface area contributed by atoms with Crippen molar-refractivity contribution in [2.45, 2.75) is 46.1 Å². The van der Waals surface area contributed by atoms with Gasteiger partial charge >= 0.3 is 5.97 Å². The highest BCUT2D eigenvalue weighted by molar-refractivity contribution is 6.00. The Morgan fingerprint density at radius 2 is 1.81 bits per heavy atom. The van der Waals surface area contributed by atoms with E-state index in [2.05, 4.69) is 10.3 Å². The average Bonchev–Trinajstić information content (AvgIpc) is 3.07. The van der Waals surface area contributed by atoms with Gasteiger partial charge in [-0.05, 0) is 50.7 Å². The molecule has 2 aromatic rings. The van der Waals surface area contributed by atoms with Crippen LogP contribution in [0, 0.1) is 19.8 Å². The van der Waals surface area contributed by atoms with Crippen LogP contribution >= 0.6 is 0 Å². The van der Waals surface area contributed by atoms with E-state index < -0.39 is 5.97 Å². The smallest absolute Gasteiger partial charge is 0.339 e. The van der Waals surface area contributed by atoms with E-state index in [9.17, 15) is 14.4 Å². The van der Waals surface area contributed by atoms with Gasteiger partial charge in [0.25, 0.3) is 5.91 Å². The van der Waals surface area contributed by atoms with Crippen LogP contribution in [0.2, 0.25) is 0 Å². The Morgan fingerprint density at radius 3 is 2.42 bits per heavy atom. The van der Waals surface area contributed by atoms with E-state index >= 15 is 0 Å². The topological polar surface area (TPSA) is 91.5 Å². The Kier molecular flexibility index (Phi) is 7.15. The Bertz CT molecular complexity index is 943. The van der Waals surface area contributed by atoms with Crippen molar-refractivity contribution >= 4 is 17.8 Å². The lowest BCUT2D eigenvalue weighted by Crippen LogP contribution is -2.40. The quantitative estimate of drug-likeness (QED) is 0.693. The predicted octanol–water partition coefficient (Wildman–Crippen LogP) is 3.54. The number of hydrogen-bond acceptors (Lipinski definition) is 4. The molecule has 2 amide bonds. The van der Waals surface area contributed by atoms with E-state index in [0.29, 0.717) is 42.0 Å². The zero-order valence-electron chi connectivity index (χ0n) is 18.7. The van der Waals surface area contributed by atoms with E-state index in [-0.39, 0.29) is 23.8 Å². The fraction of sp³-hybridized carbons (Fsp3) is 0.458. The number of nitrogens with one attached hydrogen (secondary N) is 2. The van der Waals surface area contributed by atoms with E-state index in [1.807, 2.05) is 37.3 Å². The third-order valence-corrected chi connectivity index (χ3v) is 6.09. The number of piperidine rings is 1. The standard InChI is InChI=1S/C24H31N3O4/c1-15-21(24(30)31-4)17(3)26-22(15)23(29)27-12-10-18(11-13-27)14-20(28)25-16(2)19-8-6-5-7-9-19/h5-9,16,18,26H,10-14H2,1-4H3,(H,25,28)/t16-/m0/s1. The first-order valence-electron chi connectivity index (χ1n) is 10.7. The number of carbonyl (C=O) groups is 3. The number of hydrogen-bond donors (Lipinski definition) is 2. The molecular weight excluding hydrogens is 394 g/mol. The van der Waals surface area contributed by atoms with Crippen LogP contribution in [0.5, 0.6) is 0 Å². The van der Waals surface area contributed by atoms with Gasteiger partial charge in [0.05, 0.1) is 18.7 Å². The van der Waals surface area contributed by atoms with E-state index in [0.717, 1.165) is 18.4 Å². The van der Waals surface area contributed by atoms with Crippen LogP contribution in [-0.2, 0) is 9.53 Å². The van der Waals surface area contributed by atoms with Gasteiger partial charge in [-0.15, -0.1) is 0 Å². The molecule has 166 valence electrons. The minimum absolute atomic E-state index is 0.0292. The monoisotopic (exact) mass is 425 g/mol. The van der Waals surface area contributed by atoms with Crippen LogP contribution in [0.3, 0.4) is 0 Å². The molecule has 3 rings (SSSR count). The highest BCUT2D eigenvalue weighted by atomic mass is 16.5. The van der Waals surface area contributed by atoms with E-state index in [4.69, 9.17) is 4.74 Å². The van der Waals surface area contributed by atoms with Crippen LogP contribution in [0.1, 0.15) is 69.9 Å². The Labute approximate surface area is 183 Å². The third kappa shape index (κ3) is 5.16. The van der Waals surface area contributed by atoms with E-state index in [1.54, 1.807) is 18.7 Å². The molecule has 7 nitrogen and oxygen atoms in total. The van der Waals surface area contributed by atoms with Crippen molar-refractivity contribution in [3.8, 4) is 0 Å². The molecule has 1 fully saturated rings. The number of ether oxygens (including phenoxy) is 1. The van der Waals surface area contributed by atoms with Crippen molar-refractivity contribution in [2.75, 3.05) is 20.2 Å². The van der Waals surface area contributed by atoms with Crippen LogP contribution in [0.15, 0.2) is 30.3 Å². The summed E-state index contributed by atoms with van der Waals surface area (Å²) in [6, 6.07) is 9.87. The van der Waals surface area contributed by atoms with Gasteiger partial charge in [-0.3, -0.25) is 9.59 Å². The molecule has 0 saturated carbocycles. The SMILES string of the molecule is COC(=O)c1c(C)[nH]c(C(=O)N2CCC(CC(=O)N[C@@H](C)c3ccccc3)CC2)c1C. The molecule has 1 aromatic heterocycles. The molecule has 0 radical (unpaired) electrons. The molecule has 1 atom stereocenters. The molecule has 0 spiro atoms. The van der Waals surface area contributed by atoms with Crippen molar-refractivity contribution in [2.24, 2.45) is 5.92 Å². The number of methoxy groups -OCH3 is 1. The van der Waals surface area contributed by atoms with Crippen LogP contribution in [0.25, 0.3) is 0 Å². The minimum Gasteiger partial charge on any atom is -0.465 e. The largest absolute Gasteiger partial charge is 0.465 e. The lowest BCUT2D eigenvalue weighted by Gasteiger charge is -2.32. The van der Waals surface area contributed by atoms with Gasteiger partial charge in [0.2, 0.25) is 5.91 Å². The molecule has 1 aliphatic heterocycles. The molecule has 2 heterocycles. The molecular formula is C24H31N3O4. The second kappa shape index (κ2) is 9.81. The van der Waals surface area contributed by atoms with Crippen LogP contribution in [0.4, 0.5) is 0 Å². The van der Waals surface area contributed by atoms with E-state index in [1.165, 1.54) is 7.11 Å². The highest BCUT2D eigenvalue weighted by Gasteiger charge is 2.29. The molecule has 1 aliphatic rings. The molecule has 7 heteroatoms. The highest BCUT2D eigenvalue weighted by Crippen LogP contribution is 2.25. The number of aromatic amines is 1. The number of rotatable bonds is 6. The van der Waals surface area contributed by atoms with Gasteiger partial charge in [0.1, 0.15) is 5.69 Å². The molecule has 0 aliphatic carbocycles. The van der Waals surface area contributed by atoms with Crippen LogP contribution < -0.4 is 5.32 Å². The number of benzene rings is 1. The lowest BCUT2D eigenvalue weighted by atomic mass is 9.92. The third-order valence-electron chi connectivity index (χ3n) is 6.09. The number of amides is 2. The molecule has 1 aromatic carbocycles. The zero-order chi connectivity index (χ0) is 22.5. The van der Waals surface area contributed by atoms with Crippen molar-refractivity contribution < 1.29 is 19.1 Å². The normalized spacial score (nSPS) is 15.4.